The molecular formula is C29H47NO3. The fourth-order valence-electron chi connectivity index (χ4n) is 9.63. The van der Waals surface area contributed by atoms with Gasteiger partial charge in [-0.1, -0.05) is 27.7 Å². The Labute approximate surface area is 201 Å². The van der Waals surface area contributed by atoms with Crippen LogP contribution < -0.4 is 0 Å². The Morgan fingerprint density at radius 1 is 0.970 bits per heavy atom. The molecule has 4 saturated carbocycles. The van der Waals surface area contributed by atoms with Gasteiger partial charge in [0, 0.05) is 37.9 Å². The lowest BCUT2D eigenvalue weighted by Crippen LogP contribution is -2.54. The van der Waals surface area contributed by atoms with Crippen molar-refractivity contribution in [3.8, 4) is 0 Å². The highest BCUT2D eigenvalue weighted by molar-refractivity contribution is 5.79. The third kappa shape index (κ3) is 4.32. The van der Waals surface area contributed by atoms with E-state index in [4.69, 9.17) is 4.74 Å². The first kappa shape index (κ1) is 23.8. The minimum absolute atomic E-state index is 0.0244. The molecular weight excluding hydrogens is 410 g/mol. The summed E-state index contributed by atoms with van der Waals surface area (Å²) in [5, 5.41) is 0. The number of ether oxygens (including phenoxy) is 1. The van der Waals surface area contributed by atoms with Gasteiger partial charge in [-0.25, -0.2) is 0 Å². The number of ketones is 1. The Balaban J connectivity index is 1.19. The summed E-state index contributed by atoms with van der Waals surface area (Å²) in [7, 11) is 0. The second kappa shape index (κ2) is 8.95. The van der Waals surface area contributed by atoms with Crippen LogP contribution in [0.15, 0.2) is 0 Å². The van der Waals surface area contributed by atoms with E-state index in [-0.39, 0.29) is 17.5 Å². The van der Waals surface area contributed by atoms with E-state index in [0.717, 1.165) is 69.0 Å². The van der Waals surface area contributed by atoms with Gasteiger partial charge in [-0.2, -0.15) is 0 Å². The third-order valence-electron chi connectivity index (χ3n) is 11.2. The molecule has 33 heavy (non-hydrogen) atoms. The van der Waals surface area contributed by atoms with Crippen molar-refractivity contribution in [2.24, 2.45) is 46.3 Å². The first-order chi connectivity index (χ1) is 15.7. The Hall–Kier alpha value is -0.900. The summed E-state index contributed by atoms with van der Waals surface area (Å²) in [6, 6.07) is 0. The van der Waals surface area contributed by atoms with E-state index in [1.807, 2.05) is 0 Å². The van der Waals surface area contributed by atoms with Gasteiger partial charge in [0.15, 0.2) is 0 Å². The zero-order valence-corrected chi connectivity index (χ0v) is 21.6. The largest absolute Gasteiger partial charge is 0.462 e. The molecule has 0 spiro atoms. The minimum Gasteiger partial charge on any atom is -0.462 e. The van der Waals surface area contributed by atoms with Gasteiger partial charge in [0.1, 0.15) is 11.9 Å². The van der Waals surface area contributed by atoms with Crippen molar-refractivity contribution >= 4 is 11.8 Å². The molecule has 0 aromatic rings. The van der Waals surface area contributed by atoms with Crippen LogP contribution in [-0.4, -0.2) is 42.4 Å². The van der Waals surface area contributed by atoms with E-state index < -0.39 is 0 Å². The molecule has 0 bridgehead atoms. The number of piperidine rings is 1. The lowest BCUT2D eigenvalue weighted by Gasteiger charge is -2.60. The highest BCUT2D eigenvalue weighted by Crippen LogP contribution is 2.66. The van der Waals surface area contributed by atoms with Gasteiger partial charge in [0.2, 0.25) is 0 Å². The Bertz CT molecular complexity index is 756. The van der Waals surface area contributed by atoms with Crippen LogP contribution in [0.3, 0.4) is 0 Å². The third-order valence-corrected chi connectivity index (χ3v) is 11.2. The van der Waals surface area contributed by atoms with Crippen LogP contribution in [0.2, 0.25) is 0 Å². The molecule has 4 heteroatoms. The number of nitrogens with zero attached hydrogens (tertiary/aromatic N) is 1. The smallest absolute Gasteiger partial charge is 0.307 e. The number of carbonyl (C=O) groups is 2. The molecule has 186 valence electrons. The van der Waals surface area contributed by atoms with E-state index in [2.05, 4.69) is 32.6 Å². The normalized spacial score (nSPS) is 48.0. The van der Waals surface area contributed by atoms with Crippen molar-refractivity contribution in [2.75, 3.05) is 19.6 Å². The molecule has 1 heterocycles. The molecule has 5 rings (SSSR count). The summed E-state index contributed by atoms with van der Waals surface area (Å²) in [5.74, 6) is 4.81. The highest BCUT2D eigenvalue weighted by Gasteiger charge is 2.61. The summed E-state index contributed by atoms with van der Waals surface area (Å²) in [6.07, 6.45) is 11.9. The fraction of sp³-hybridized carbons (Fsp3) is 0.931. The van der Waals surface area contributed by atoms with E-state index in [9.17, 15) is 9.59 Å². The zero-order chi connectivity index (χ0) is 23.4. The van der Waals surface area contributed by atoms with Crippen LogP contribution in [-0.2, 0) is 14.3 Å². The molecule has 9 atom stereocenters. The minimum atomic E-state index is 0.0244. The van der Waals surface area contributed by atoms with Gasteiger partial charge in [0.25, 0.3) is 0 Å². The molecule has 5 fully saturated rings. The molecule has 5 aliphatic rings. The van der Waals surface area contributed by atoms with Gasteiger partial charge in [0.05, 0.1) is 6.42 Å². The highest BCUT2D eigenvalue weighted by atomic mass is 16.5. The summed E-state index contributed by atoms with van der Waals surface area (Å²) in [5.41, 5.74) is 0.508. The maximum atomic E-state index is 12.9. The molecule has 1 saturated heterocycles. The lowest BCUT2D eigenvalue weighted by atomic mass is 9.45. The number of fused-ring (bicyclic) bond motifs is 5. The van der Waals surface area contributed by atoms with E-state index in [1.54, 1.807) is 0 Å². The first-order valence-corrected chi connectivity index (χ1v) is 14.1. The monoisotopic (exact) mass is 457 g/mol. The molecule has 0 aromatic heterocycles. The standard InChI is InChI=1S/C29H47NO3/c1-19-15-20(2)18-30(17-19)14-11-27(32)33-26-8-7-24-23-6-5-21-16-22(31)9-12-28(21,3)25(23)10-13-29(24,26)4/h19-21,23-26H,5-18H2,1-4H3/t19-,20-,21-,23+,24+,25+,26+,28-,29-/m0/s1. The van der Waals surface area contributed by atoms with Crippen LogP contribution in [0.25, 0.3) is 0 Å². The number of hydrogen-bond donors (Lipinski definition) is 0. The van der Waals surface area contributed by atoms with Crippen LogP contribution >= 0.6 is 0 Å². The maximum Gasteiger partial charge on any atom is 0.307 e. The first-order valence-electron chi connectivity index (χ1n) is 14.1. The van der Waals surface area contributed by atoms with E-state index in [0.29, 0.717) is 29.5 Å². The van der Waals surface area contributed by atoms with Crippen molar-refractivity contribution < 1.29 is 14.3 Å². The van der Waals surface area contributed by atoms with Crippen molar-refractivity contribution in [2.45, 2.75) is 104 Å². The Morgan fingerprint density at radius 2 is 1.70 bits per heavy atom. The summed E-state index contributed by atoms with van der Waals surface area (Å²) in [6.45, 7) is 12.7. The van der Waals surface area contributed by atoms with Gasteiger partial charge < -0.3 is 9.64 Å². The molecule has 4 nitrogen and oxygen atoms in total. The number of rotatable bonds is 4. The van der Waals surface area contributed by atoms with E-state index in [1.165, 1.54) is 38.5 Å². The maximum absolute atomic E-state index is 12.9. The number of carbonyl (C=O) groups excluding carboxylic acids is 2. The van der Waals surface area contributed by atoms with Crippen molar-refractivity contribution in [3.05, 3.63) is 0 Å². The molecule has 0 radical (unpaired) electrons. The van der Waals surface area contributed by atoms with Gasteiger partial charge in [-0.05, 0) is 92.3 Å². The average molecular weight is 458 g/mol. The number of hydrogen-bond acceptors (Lipinski definition) is 4. The summed E-state index contributed by atoms with van der Waals surface area (Å²) >= 11 is 0. The van der Waals surface area contributed by atoms with Gasteiger partial charge >= 0.3 is 5.97 Å². The van der Waals surface area contributed by atoms with Gasteiger partial charge in [-0.15, -0.1) is 0 Å². The number of likely N-dealkylation sites (tertiary alicyclic amines) is 1. The lowest BCUT2D eigenvalue weighted by molar-refractivity contribution is -0.164. The quantitative estimate of drug-likeness (QED) is 0.495. The molecule has 0 amide bonds. The number of esters is 1. The molecule has 0 N–H and O–H groups in total. The average Bonchev–Trinajstić information content (AvgIpc) is 3.08. The molecule has 4 aliphatic carbocycles. The second-order valence-electron chi connectivity index (χ2n) is 13.5. The van der Waals surface area contributed by atoms with Crippen LogP contribution in [0.5, 0.6) is 0 Å². The van der Waals surface area contributed by atoms with Crippen molar-refractivity contribution in [3.63, 3.8) is 0 Å². The van der Waals surface area contributed by atoms with E-state index >= 15 is 0 Å². The molecule has 0 unspecified atom stereocenters. The van der Waals surface area contributed by atoms with Crippen molar-refractivity contribution in [1.29, 1.82) is 0 Å². The summed E-state index contributed by atoms with van der Waals surface area (Å²) in [4.78, 5) is 27.5. The molecule has 0 aromatic carbocycles. The SMILES string of the molecule is C[C@H]1C[C@H](C)CN(CCC(=O)O[C@@H]2CC[C@@H]3[C@H]4CC[C@H]5CC(=O)CC[C@]5(C)[C@@H]4CC[C@@]32C)C1. The summed E-state index contributed by atoms with van der Waals surface area (Å²) < 4.78 is 6.24. The fourth-order valence-corrected chi connectivity index (χ4v) is 9.63. The van der Waals surface area contributed by atoms with Crippen molar-refractivity contribution in [1.82, 2.24) is 4.90 Å². The second-order valence-corrected chi connectivity index (χ2v) is 13.5. The predicted octanol–water partition coefficient (Wildman–Crippen LogP) is 5.88. The van der Waals surface area contributed by atoms with Crippen LogP contribution in [0.1, 0.15) is 98.3 Å². The predicted molar refractivity (Wildman–Crippen MR) is 131 cm³/mol. The topological polar surface area (TPSA) is 46.6 Å². The Kier molecular flexibility index (Phi) is 6.46. The van der Waals surface area contributed by atoms with Gasteiger partial charge in [-0.3, -0.25) is 9.59 Å². The van der Waals surface area contributed by atoms with Crippen LogP contribution in [0.4, 0.5) is 0 Å². The van der Waals surface area contributed by atoms with Crippen LogP contribution in [0, 0.1) is 46.3 Å². The Morgan fingerprint density at radius 3 is 2.45 bits per heavy atom. The number of Topliss-reactive ketones (excluding diaryl/α,β-unsaturated/α-hetero) is 1. The molecule has 1 aliphatic heterocycles. The zero-order valence-electron chi connectivity index (χ0n) is 21.6.